The molecule has 0 spiro atoms. The van der Waals surface area contributed by atoms with Crippen molar-refractivity contribution in [2.45, 2.75) is 25.8 Å². The van der Waals surface area contributed by atoms with Crippen LogP contribution in [0.5, 0.6) is 0 Å². The second-order valence-electron chi connectivity index (χ2n) is 4.93. The van der Waals surface area contributed by atoms with Gasteiger partial charge in [0.05, 0.1) is 12.2 Å². The Hall–Kier alpha value is -1.56. The fourth-order valence-corrected chi connectivity index (χ4v) is 2.88. The number of benzene rings is 1. The summed E-state index contributed by atoms with van der Waals surface area (Å²) in [5, 5.41) is 2.80. The topological polar surface area (TPSA) is 58.6 Å². The quantitative estimate of drug-likeness (QED) is 0.907. The second-order valence-corrected chi connectivity index (χ2v) is 5.79. The molecule has 0 bridgehead atoms. The standard InChI is InChI=1S/C15H19BrN2O3/c1-2-21-15(20)17-11-6-5-9-18(10-11)14(19)12-7-3-4-8-13(12)16/h3-4,7-8,11H,2,5-6,9-10H2,1H3,(H,17,20). The van der Waals surface area contributed by atoms with Gasteiger partial charge in [-0.2, -0.15) is 0 Å². The Bertz CT molecular complexity index is 521. The summed E-state index contributed by atoms with van der Waals surface area (Å²) in [7, 11) is 0. The first-order chi connectivity index (χ1) is 10.1. The highest BCUT2D eigenvalue weighted by Gasteiger charge is 2.26. The van der Waals surface area contributed by atoms with Crippen LogP contribution in [0.4, 0.5) is 4.79 Å². The lowest BCUT2D eigenvalue weighted by Crippen LogP contribution is -2.49. The molecule has 2 rings (SSSR count). The van der Waals surface area contributed by atoms with Crippen LogP contribution in [0.15, 0.2) is 28.7 Å². The zero-order valence-corrected chi connectivity index (χ0v) is 13.6. The monoisotopic (exact) mass is 354 g/mol. The van der Waals surface area contributed by atoms with E-state index in [0.29, 0.717) is 25.3 Å². The first-order valence-electron chi connectivity index (χ1n) is 7.09. The molecule has 6 heteroatoms. The lowest BCUT2D eigenvalue weighted by Gasteiger charge is -2.33. The number of alkyl carbamates (subject to hydrolysis) is 1. The molecule has 1 N–H and O–H groups in total. The zero-order valence-electron chi connectivity index (χ0n) is 12.0. The van der Waals surface area contributed by atoms with Crippen LogP contribution >= 0.6 is 15.9 Å². The number of amides is 2. The van der Waals surface area contributed by atoms with E-state index in [2.05, 4.69) is 21.2 Å². The van der Waals surface area contributed by atoms with E-state index in [1.807, 2.05) is 18.2 Å². The Morgan fingerprint density at radius 1 is 1.43 bits per heavy atom. The van der Waals surface area contributed by atoms with Crippen LogP contribution in [-0.4, -0.2) is 42.6 Å². The Morgan fingerprint density at radius 2 is 2.19 bits per heavy atom. The third-order valence-electron chi connectivity index (χ3n) is 3.41. The van der Waals surface area contributed by atoms with E-state index < -0.39 is 6.09 Å². The molecule has 1 saturated heterocycles. The van der Waals surface area contributed by atoms with E-state index in [1.165, 1.54) is 0 Å². The Labute approximate surface area is 132 Å². The molecule has 0 radical (unpaired) electrons. The van der Waals surface area contributed by atoms with Gasteiger partial charge in [-0.3, -0.25) is 4.79 Å². The van der Waals surface area contributed by atoms with Gasteiger partial charge in [-0.15, -0.1) is 0 Å². The number of carbonyl (C=O) groups excluding carboxylic acids is 2. The fourth-order valence-electron chi connectivity index (χ4n) is 2.42. The number of hydrogen-bond acceptors (Lipinski definition) is 3. The number of carbonyl (C=O) groups is 2. The number of ether oxygens (including phenoxy) is 1. The number of nitrogens with one attached hydrogen (secondary N) is 1. The van der Waals surface area contributed by atoms with Crippen LogP contribution in [0.25, 0.3) is 0 Å². The van der Waals surface area contributed by atoms with Crippen LogP contribution in [-0.2, 0) is 4.74 Å². The third-order valence-corrected chi connectivity index (χ3v) is 4.10. The summed E-state index contributed by atoms with van der Waals surface area (Å²) in [6.45, 7) is 3.33. The molecule has 1 aromatic rings. The molecule has 21 heavy (non-hydrogen) atoms. The molecule has 0 aliphatic carbocycles. The number of halogens is 1. The molecule has 1 aliphatic rings. The summed E-state index contributed by atoms with van der Waals surface area (Å²) < 4.78 is 5.67. The fraction of sp³-hybridized carbons (Fsp3) is 0.467. The highest BCUT2D eigenvalue weighted by Crippen LogP contribution is 2.20. The van der Waals surface area contributed by atoms with Crippen molar-refractivity contribution in [2.75, 3.05) is 19.7 Å². The van der Waals surface area contributed by atoms with Crippen LogP contribution in [0.1, 0.15) is 30.1 Å². The maximum Gasteiger partial charge on any atom is 0.407 e. The Balaban J connectivity index is 1.99. The number of likely N-dealkylation sites (tertiary alicyclic amines) is 1. The average Bonchev–Trinajstić information content (AvgIpc) is 2.47. The van der Waals surface area contributed by atoms with Gasteiger partial charge in [0.2, 0.25) is 0 Å². The van der Waals surface area contributed by atoms with Gasteiger partial charge in [0.1, 0.15) is 0 Å². The number of nitrogens with zero attached hydrogens (tertiary/aromatic N) is 1. The van der Waals surface area contributed by atoms with Crippen molar-refractivity contribution < 1.29 is 14.3 Å². The predicted octanol–water partition coefficient (Wildman–Crippen LogP) is 2.80. The lowest BCUT2D eigenvalue weighted by molar-refractivity contribution is 0.0685. The maximum atomic E-state index is 12.5. The van der Waals surface area contributed by atoms with Gasteiger partial charge in [-0.05, 0) is 47.8 Å². The zero-order chi connectivity index (χ0) is 15.2. The summed E-state index contributed by atoms with van der Waals surface area (Å²) in [5.74, 6) is -0.0159. The molecule has 5 nitrogen and oxygen atoms in total. The van der Waals surface area contributed by atoms with Crippen molar-refractivity contribution >= 4 is 27.9 Å². The molecule has 1 aliphatic heterocycles. The van der Waals surface area contributed by atoms with E-state index in [1.54, 1.807) is 17.9 Å². The largest absolute Gasteiger partial charge is 0.450 e. The Morgan fingerprint density at radius 3 is 2.90 bits per heavy atom. The van der Waals surface area contributed by atoms with Crippen LogP contribution < -0.4 is 5.32 Å². The average molecular weight is 355 g/mol. The Kier molecular flexibility index (Phi) is 5.61. The molecular weight excluding hydrogens is 336 g/mol. The lowest BCUT2D eigenvalue weighted by atomic mass is 10.0. The van der Waals surface area contributed by atoms with Crippen molar-refractivity contribution in [1.82, 2.24) is 10.2 Å². The van der Waals surface area contributed by atoms with Gasteiger partial charge < -0.3 is 15.0 Å². The van der Waals surface area contributed by atoms with Crippen LogP contribution in [0, 0.1) is 0 Å². The molecule has 0 saturated carbocycles. The van der Waals surface area contributed by atoms with Crippen LogP contribution in [0.3, 0.4) is 0 Å². The molecule has 1 heterocycles. The number of piperidine rings is 1. The van der Waals surface area contributed by atoms with Crippen molar-refractivity contribution in [3.05, 3.63) is 34.3 Å². The summed E-state index contributed by atoms with van der Waals surface area (Å²) in [6, 6.07) is 7.32. The minimum absolute atomic E-state index is 0.0159. The molecule has 1 unspecified atom stereocenters. The van der Waals surface area contributed by atoms with E-state index in [4.69, 9.17) is 4.74 Å². The van der Waals surface area contributed by atoms with Crippen molar-refractivity contribution in [3.8, 4) is 0 Å². The summed E-state index contributed by atoms with van der Waals surface area (Å²) >= 11 is 3.40. The molecule has 1 atom stereocenters. The second kappa shape index (κ2) is 7.45. The van der Waals surface area contributed by atoms with Gasteiger partial charge in [-0.1, -0.05) is 12.1 Å². The summed E-state index contributed by atoms with van der Waals surface area (Å²) in [5.41, 5.74) is 0.647. The first-order valence-corrected chi connectivity index (χ1v) is 7.88. The molecular formula is C15H19BrN2O3. The van der Waals surface area contributed by atoms with Gasteiger partial charge in [0.25, 0.3) is 5.91 Å². The SMILES string of the molecule is CCOC(=O)NC1CCCN(C(=O)c2ccccc2Br)C1. The smallest absolute Gasteiger partial charge is 0.407 e. The molecule has 0 aromatic heterocycles. The van der Waals surface area contributed by atoms with E-state index in [-0.39, 0.29) is 11.9 Å². The highest BCUT2D eigenvalue weighted by molar-refractivity contribution is 9.10. The number of hydrogen-bond donors (Lipinski definition) is 1. The number of rotatable bonds is 3. The maximum absolute atomic E-state index is 12.5. The first kappa shape index (κ1) is 15.8. The van der Waals surface area contributed by atoms with E-state index in [9.17, 15) is 9.59 Å². The highest BCUT2D eigenvalue weighted by atomic mass is 79.9. The molecule has 1 aromatic carbocycles. The van der Waals surface area contributed by atoms with Gasteiger partial charge in [0, 0.05) is 23.6 Å². The molecule has 2 amide bonds. The van der Waals surface area contributed by atoms with Gasteiger partial charge in [0.15, 0.2) is 0 Å². The minimum Gasteiger partial charge on any atom is -0.450 e. The molecule has 1 fully saturated rings. The van der Waals surface area contributed by atoms with Gasteiger partial charge >= 0.3 is 6.09 Å². The van der Waals surface area contributed by atoms with Crippen molar-refractivity contribution in [1.29, 1.82) is 0 Å². The molecule has 114 valence electrons. The van der Waals surface area contributed by atoms with E-state index in [0.717, 1.165) is 17.3 Å². The van der Waals surface area contributed by atoms with Crippen molar-refractivity contribution in [2.24, 2.45) is 0 Å². The minimum atomic E-state index is -0.419. The summed E-state index contributed by atoms with van der Waals surface area (Å²) in [4.78, 5) is 25.8. The third kappa shape index (κ3) is 4.20. The van der Waals surface area contributed by atoms with Gasteiger partial charge in [-0.25, -0.2) is 4.79 Å². The van der Waals surface area contributed by atoms with Crippen molar-refractivity contribution in [3.63, 3.8) is 0 Å². The van der Waals surface area contributed by atoms with E-state index >= 15 is 0 Å². The predicted molar refractivity (Wildman–Crippen MR) is 83.2 cm³/mol. The summed E-state index contributed by atoms with van der Waals surface area (Å²) in [6.07, 6.45) is 1.31. The van der Waals surface area contributed by atoms with Crippen LogP contribution in [0.2, 0.25) is 0 Å². The normalized spacial score (nSPS) is 18.2.